The maximum absolute atomic E-state index is 4.12. The lowest BCUT2D eigenvalue weighted by Gasteiger charge is -2.08. The first-order valence-corrected chi connectivity index (χ1v) is 5.08. The molecule has 1 aromatic heterocycles. The summed E-state index contributed by atoms with van der Waals surface area (Å²) >= 11 is 0. The lowest BCUT2D eigenvalue weighted by atomic mass is 10.1. The van der Waals surface area contributed by atoms with E-state index in [9.17, 15) is 0 Å². The van der Waals surface area contributed by atoms with Crippen molar-refractivity contribution in [2.75, 3.05) is 6.54 Å². The molecule has 0 radical (unpaired) electrons. The molecule has 1 heterocycles. The van der Waals surface area contributed by atoms with Crippen LogP contribution in [0.2, 0.25) is 0 Å². The van der Waals surface area contributed by atoms with Gasteiger partial charge < -0.3 is 5.32 Å². The first-order valence-electron chi connectivity index (χ1n) is 5.08. The highest BCUT2D eigenvalue weighted by atomic mass is 15.2. The van der Waals surface area contributed by atoms with E-state index in [0.29, 0.717) is 5.41 Å². The van der Waals surface area contributed by atoms with Gasteiger partial charge in [-0.2, -0.15) is 5.10 Å². The molecule has 1 aromatic rings. The summed E-state index contributed by atoms with van der Waals surface area (Å²) in [5.74, 6) is 0. The third-order valence-electron chi connectivity index (χ3n) is 2.83. The monoisotopic (exact) mass is 191 g/mol. The van der Waals surface area contributed by atoms with Gasteiger partial charge in [0.1, 0.15) is 0 Å². The number of rotatable bonds is 5. The van der Waals surface area contributed by atoms with E-state index in [1.807, 2.05) is 12.4 Å². The Labute approximate surface area is 84.8 Å². The van der Waals surface area contributed by atoms with Crippen LogP contribution in [0.5, 0.6) is 0 Å². The molecule has 3 nitrogen and oxygen atoms in total. The lowest BCUT2D eigenvalue weighted by Crippen LogP contribution is -2.21. The number of hydrogen-bond donors (Lipinski definition) is 1. The van der Waals surface area contributed by atoms with Crippen LogP contribution in [0.4, 0.5) is 0 Å². The standard InChI is InChI=1S/C11H17N3/c1-3-14-8-10(7-13-14)6-12-9-11(2)4-5-11/h3,7-8,12H,1,4-6,9H2,2H3. The number of aromatic nitrogens is 2. The predicted octanol–water partition coefficient (Wildman–Crippen LogP) is 1.87. The van der Waals surface area contributed by atoms with Gasteiger partial charge in [0.25, 0.3) is 0 Å². The Morgan fingerprint density at radius 1 is 1.71 bits per heavy atom. The van der Waals surface area contributed by atoms with E-state index in [0.717, 1.165) is 13.1 Å². The van der Waals surface area contributed by atoms with Crippen LogP contribution in [0.25, 0.3) is 6.20 Å². The van der Waals surface area contributed by atoms with E-state index in [4.69, 9.17) is 0 Å². The van der Waals surface area contributed by atoms with E-state index in [2.05, 4.69) is 23.9 Å². The van der Waals surface area contributed by atoms with Crippen LogP contribution in [-0.4, -0.2) is 16.3 Å². The molecule has 1 N–H and O–H groups in total. The molecule has 1 fully saturated rings. The summed E-state index contributed by atoms with van der Waals surface area (Å²) in [6.07, 6.45) is 8.31. The van der Waals surface area contributed by atoms with E-state index in [-0.39, 0.29) is 0 Å². The van der Waals surface area contributed by atoms with Crippen LogP contribution < -0.4 is 5.32 Å². The third kappa shape index (κ3) is 2.23. The molecule has 0 saturated heterocycles. The molecule has 14 heavy (non-hydrogen) atoms. The van der Waals surface area contributed by atoms with Crippen LogP contribution in [0.1, 0.15) is 25.3 Å². The molecule has 0 aliphatic heterocycles. The molecule has 1 saturated carbocycles. The molecule has 0 amide bonds. The first-order chi connectivity index (χ1) is 6.72. The second-order valence-corrected chi connectivity index (χ2v) is 4.43. The van der Waals surface area contributed by atoms with Gasteiger partial charge in [-0.1, -0.05) is 13.5 Å². The minimum atomic E-state index is 0.578. The minimum absolute atomic E-state index is 0.578. The van der Waals surface area contributed by atoms with Crippen LogP contribution in [0, 0.1) is 5.41 Å². The van der Waals surface area contributed by atoms with Crippen molar-refractivity contribution in [3.05, 3.63) is 24.5 Å². The quantitative estimate of drug-likeness (QED) is 0.770. The molecule has 0 bridgehead atoms. The van der Waals surface area contributed by atoms with Crippen LogP contribution in [0.3, 0.4) is 0 Å². The summed E-state index contributed by atoms with van der Waals surface area (Å²) in [4.78, 5) is 0. The summed E-state index contributed by atoms with van der Waals surface area (Å²) in [5.41, 5.74) is 1.79. The molecule has 0 unspecified atom stereocenters. The van der Waals surface area contributed by atoms with Gasteiger partial charge in [0.05, 0.1) is 6.20 Å². The van der Waals surface area contributed by atoms with E-state index in [1.165, 1.54) is 18.4 Å². The lowest BCUT2D eigenvalue weighted by molar-refractivity contribution is 0.499. The fourth-order valence-electron chi connectivity index (χ4n) is 1.47. The van der Waals surface area contributed by atoms with Crippen LogP contribution >= 0.6 is 0 Å². The smallest absolute Gasteiger partial charge is 0.0538 e. The second kappa shape index (κ2) is 3.58. The van der Waals surface area contributed by atoms with Crippen molar-refractivity contribution in [3.8, 4) is 0 Å². The predicted molar refractivity (Wildman–Crippen MR) is 57.7 cm³/mol. The van der Waals surface area contributed by atoms with Crippen molar-refractivity contribution in [2.24, 2.45) is 5.41 Å². The van der Waals surface area contributed by atoms with Gasteiger partial charge >= 0.3 is 0 Å². The highest BCUT2D eigenvalue weighted by molar-refractivity contribution is 5.17. The summed E-state index contributed by atoms with van der Waals surface area (Å²) in [7, 11) is 0. The largest absolute Gasteiger partial charge is 0.312 e. The zero-order valence-corrected chi connectivity index (χ0v) is 8.66. The normalized spacial score (nSPS) is 18.1. The Hall–Kier alpha value is -1.09. The molecule has 1 aliphatic rings. The van der Waals surface area contributed by atoms with Crippen molar-refractivity contribution in [3.63, 3.8) is 0 Å². The van der Waals surface area contributed by atoms with Gasteiger partial charge in [-0.25, -0.2) is 4.68 Å². The van der Waals surface area contributed by atoms with Gasteiger partial charge in [-0.15, -0.1) is 0 Å². The molecule has 0 atom stereocenters. The molecular formula is C11H17N3. The Balaban J connectivity index is 1.77. The van der Waals surface area contributed by atoms with Gasteiger partial charge in [0.2, 0.25) is 0 Å². The molecular weight excluding hydrogens is 174 g/mol. The van der Waals surface area contributed by atoms with Crippen molar-refractivity contribution in [1.82, 2.24) is 15.1 Å². The highest BCUT2D eigenvalue weighted by Crippen LogP contribution is 2.44. The van der Waals surface area contributed by atoms with Crippen molar-refractivity contribution in [2.45, 2.75) is 26.3 Å². The zero-order chi connectivity index (χ0) is 10.0. The van der Waals surface area contributed by atoms with Gasteiger partial charge in [0.15, 0.2) is 0 Å². The zero-order valence-electron chi connectivity index (χ0n) is 8.66. The van der Waals surface area contributed by atoms with E-state index < -0.39 is 0 Å². The Kier molecular flexibility index (Phi) is 2.42. The third-order valence-corrected chi connectivity index (χ3v) is 2.83. The highest BCUT2D eigenvalue weighted by Gasteiger charge is 2.36. The van der Waals surface area contributed by atoms with Crippen molar-refractivity contribution >= 4 is 6.20 Å². The van der Waals surface area contributed by atoms with Crippen molar-refractivity contribution in [1.29, 1.82) is 0 Å². The molecule has 1 aliphatic carbocycles. The topological polar surface area (TPSA) is 29.9 Å². The van der Waals surface area contributed by atoms with Gasteiger partial charge in [-0.05, 0) is 18.3 Å². The molecule has 2 rings (SSSR count). The maximum atomic E-state index is 4.12. The van der Waals surface area contributed by atoms with Crippen LogP contribution in [-0.2, 0) is 6.54 Å². The number of nitrogens with one attached hydrogen (secondary N) is 1. The summed E-state index contributed by atoms with van der Waals surface area (Å²) in [6.45, 7) is 8.00. The average Bonchev–Trinajstić information content (AvgIpc) is 2.75. The fraction of sp³-hybridized carbons (Fsp3) is 0.545. The minimum Gasteiger partial charge on any atom is -0.312 e. The molecule has 0 aromatic carbocycles. The average molecular weight is 191 g/mol. The van der Waals surface area contributed by atoms with E-state index >= 15 is 0 Å². The van der Waals surface area contributed by atoms with Crippen LogP contribution in [0.15, 0.2) is 19.0 Å². The van der Waals surface area contributed by atoms with Gasteiger partial charge in [0, 0.05) is 31.0 Å². The Bertz CT molecular complexity index is 323. The molecule has 0 spiro atoms. The number of hydrogen-bond acceptors (Lipinski definition) is 2. The fourth-order valence-corrected chi connectivity index (χ4v) is 1.47. The number of nitrogens with zero attached hydrogens (tertiary/aromatic N) is 2. The Morgan fingerprint density at radius 3 is 3.07 bits per heavy atom. The summed E-state index contributed by atoms with van der Waals surface area (Å²) in [5, 5.41) is 7.58. The van der Waals surface area contributed by atoms with Gasteiger partial charge in [-0.3, -0.25) is 0 Å². The SMILES string of the molecule is C=Cn1cc(CNCC2(C)CC2)cn1. The summed E-state index contributed by atoms with van der Waals surface area (Å²) < 4.78 is 1.73. The molecule has 3 heteroatoms. The Morgan fingerprint density at radius 2 is 2.50 bits per heavy atom. The maximum Gasteiger partial charge on any atom is 0.0538 e. The van der Waals surface area contributed by atoms with E-state index in [1.54, 1.807) is 10.9 Å². The van der Waals surface area contributed by atoms with Crippen molar-refractivity contribution < 1.29 is 0 Å². The summed E-state index contributed by atoms with van der Waals surface area (Å²) in [6, 6.07) is 0. The first kappa shape index (κ1) is 9.46. The molecule has 76 valence electrons. The second-order valence-electron chi connectivity index (χ2n) is 4.43.